The maximum atomic E-state index is 11.1. The van der Waals surface area contributed by atoms with Crippen molar-refractivity contribution in [2.24, 2.45) is 17.8 Å². The first-order valence-corrected chi connectivity index (χ1v) is 6.05. The predicted molar refractivity (Wildman–Crippen MR) is 56.9 cm³/mol. The number of esters is 1. The number of rotatable bonds is 0. The van der Waals surface area contributed by atoms with E-state index in [0.717, 1.165) is 12.3 Å². The van der Waals surface area contributed by atoms with Gasteiger partial charge < -0.3 is 4.74 Å². The van der Waals surface area contributed by atoms with E-state index in [2.05, 4.69) is 0 Å². The average Bonchev–Trinajstić information content (AvgIpc) is 2.80. The molecule has 0 radical (unpaired) electrons. The predicted octanol–water partition coefficient (Wildman–Crippen LogP) is 3.01. The van der Waals surface area contributed by atoms with Crippen molar-refractivity contribution in [1.82, 2.24) is 0 Å². The van der Waals surface area contributed by atoms with Gasteiger partial charge in [-0.3, -0.25) is 4.79 Å². The van der Waals surface area contributed by atoms with Crippen LogP contribution in [0.2, 0.25) is 0 Å². The Bertz CT molecular complexity index is 198. The number of fused-ring (bicyclic) bond motifs is 1. The molecule has 82 valence electrons. The first kappa shape index (κ1) is 11.5. The summed E-state index contributed by atoms with van der Waals surface area (Å²) in [5.74, 6) is 1.84. The van der Waals surface area contributed by atoms with Crippen LogP contribution in [0.3, 0.4) is 0 Å². The Morgan fingerprint density at radius 3 is 2.00 bits per heavy atom. The minimum absolute atomic E-state index is 0.0926. The number of carbonyl (C=O) groups excluding carboxylic acids is 1. The molecular formula is C12H22O2. The summed E-state index contributed by atoms with van der Waals surface area (Å²) in [6, 6.07) is 0. The van der Waals surface area contributed by atoms with E-state index in [1.807, 2.05) is 27.7 Å². The Morgan fingerprint density at radius 1 is 1.00 bits per heavy atom. The van der Waals surface area contributed by atoms with Gasteiger partial charge in [0, 0.05) is 0 Å². The topological polar surface area (TPSA) is 26.3 Å². The summed E-state index contributed by atoms with van der Waals surface area (Å²) in [6.45, 7) is 8.00. The molecule has 0 amide bonds. The van der Waals surface area contributed by atoms with Gasteiger partial charge in [-0.2, -0.15) is 0 Å². The third-order valence-corrected chi connectivity index (χ3v) is 3.36. The van der Waals surface area contributed by atoms with Gasteiger partial charge in [0.25, 0.3) is 0 Å². The third kappa shape index (κ3) is 1.67. The van der Waals surface area contributed by atoms with Crippen molar-refractivity contribution in [3.05, 3.63) is 0 Å². The summed E-state index contributed by atoms with van der Waals surface area (Å²) in [4.78, 5) is 11.1. The molecule has 2 heteroatoms. The van der Waals surface area contributed by atoms with Gasteiger partial charge in [-0.05, 0) is 31.1 Å². The van der Waals surface area contributed by atoms with Crippen LogP contribution in [0.25, 0.3) is 0 Å². The Kier molecular flexibility index (Phi) is 3.97. The fraction of sp³-hybridized carbons (Fsp3) is 0.917. The van der Waals surface area contributed by atoms with Crippen molar-refractivity contribution in [2.75, 3.05) is 0 Å². The summed E-state index contributed by atoms with van der Waals surface area (Å²) >= 11 is 0. The molecule has 0 spiro atoms. The highest BCUT2D eigenvalue weighted by Gasteiger charge is 2.55. The normalized spacial score (nSPS) is 40.7. The van der Waals surface area contributed by atoms with Crippen molar-refractivity contribution in [1.29, 1.82) is 0 Å². The summed E-state index contributed by atoms with van der Waals surface area (Å²) in [6.07, 6.45) is 3.89. The van der Waals surface area contributed by atoms with Crippen molar-refractivity contribution < 1.29 is 9.53 Å². The zero-order valence-electron chi connectivity index (χ0n) is 9.75. The summed E-state index contributed by atoms with van der Waals surface area (Å²) < 4.78 is 5.20. The molecule has 4 atom stereocenters. The average molecular weight is 198 g/mol. The van der Waals surface area contributed by atoms with Crippen LogP contribution in [-0.4, -0.2) is 12.1 Å². The van der Waals surface area contributed by atoms with E-state index in [4.69, 9.17) is 4.74 Å². The maximum absolute atomic E-state index is 11.1. The Balaban J connectivity index is 0.000000222. The molecule has 4 bridgehead atoms. The Labute approximate surface area is 87.0 Å². The first-order valence-electron chi connectivity index (χ1n) is 6.05. The number of hydrogen-bond donors (Lipinski definition) is 0. The highest BCUT2D eigenvalue weighted by atomic mass is 16.5. The molecule has 14 heavy (non-hydrogen) atoms. The quantitative estimate of drug-likeness (QED) is 0.559. The third-order valence-electron chi connectivity index (χ3n) is 3.36. The molecular weight excluding hydrogens is 176 g/mol. The van der Waals surface area contributed by atoms with Crippen molar-refractivity contribution in [3.8, 4) is 0 Å². The molecule has 0 N–H and O–H groups in total. The Morgan fingerprint density at radius 2 is 1.64 bits per heavy atom. The van der Waals surface area contributed by atoms with Crippen LogP contribution in [0.15, 0.2) is 0 Å². The van der Waals surface area contributed by atoms with Gasteiger partial charge in [-0.15, -0.1) is 0 Å². The van der Waals surface area contributed by atoms with Crippen LogP contribution in [0.5, 0.6) is 0 Å². The molecule has 4 rings (SSSR count). The lowest BCUT2D eigenvalue weighted by Crippen LogP contribution is -2.39. The largest absolute Gasteiger partial charge is 0.462 e. The van der Waals surface area contributed by atoms with Crippen LogP contribution in [0, 0.1) is 17.8 Å². The van der Waals surface area contributed by atoms with E-state index in [0.29, 0.717) is 17.9 Å². The minimum Gasteiger partial charge on any atom is -0.462 e. The second-order valence-corrected chi connectivity index (χ2v) is 3.81. The molecule has 2 aliphatic carbocycles. The molecule has 0 aromatic rings. The molecule has 0 aromatic carbocycles. The van der Waals surface area contributed by atoms with Crippen molar-refractivity contribution >= 4 is 5.97 Å². The van der Waals surface area contributed by atoms with Crippen LogP contribution < -0.4 is 0 Å². The molecule has 2 saturated heterocycles. The molecule has 4 fully saturated rings. The molecule has 2 nitrogen and oxygen atoms in total. The van der Waals surface area contributed by atoms with Crippen LogP contribution in [0.1, 0.15) is 47.0 Å². The van der Waals surface area contributed by atoms with Crippen LogP contribution >= 0.6 is 0 Å². The molecule has 0 aromatic heterocycles. The number of hydrogen-bond acceptors (Lipinski definition) is 2. The van der Waals surface area contributed by atoms with Gasteiger partial charge in [-0.25, -0.2) is 0 Å². The van der Waals surface area contributed by atoms with E-state index < -0.39 is 0 Å². The SMILES string of the molecule is CC.CC.O=C1OC2CC3CC2CC13. The minimum atomic E-state index is 0.0926. The molecule has 2 saturated carbocycles. The standard InChI is InChI=1S/C8H10O2.2C2H6/c9-8-6-2-5-1-4(6)3-7(5)10-8;2*1-2/h4-7H,1-3H2;2*1-2H3. The van der Waals surface area contributed by atoms with Gasteiger partial charge >= 0.3 is 5.97 Å². The summed E-state index contributed by atoms with van der Waals surface area (Å²) in [5, 5.41) is 0. The van der Waals surface area contributed by atoms with Gasteiger partial charge in [0.05, 0.1) is 5.92 Å². The summed E-state index contributed by atoms with van der Waals surface area (Å²) in [5.41, 5.74) is 0. The van der Waals surface area contributed by atoms with E-state index in [-0.39, 0.29) is 5.97 Å². The second kappa shape index (κ2) is 4.81. The van der Waals surface area contributed by atoms with Gasteiger partial charge in [0.2, 0.25) is 0 Å². The van der Waals surface area contributed by atoms with E-state index in [9.17, 15) is 4.79 Å². The van der Waals surface area contributed by atoms with Crippen LogP contribution in [0.4, 0.5) is 0 Å². The molecule has 4 aliphatic rings. The van der Waals surface area contributed by atoms with E-state index in [1.165, 1.54) is 12.8 Å². The molecule has 4 unspecified atom stereocenters. The smallest absolute Gasteiger partial charge is 0.309 e. The number of carbonyl (C=O) groups is 1. The zero-order chi connectivity index (χ0) is 10.7. The van der Waals surface area contributed by atoms with Gasteiger partial charge in [0.15, 0.2) is 0 Å². The summed E-state index contributed by atoms with van der Waals surface area (Å²) in [7, 11) is 0. The lowest BCUT2D eigenvalue weighted by atomic mass is 9.84. The van der Waals surface area contributed by atoms with Crippen molar-refractivity contribution in [3.63, 3.8) is 0 Å². The zero-order valence-corrected chi connectivity index (χ0v) is 9.75. The highest BCUT2D eigenvalue weighted by molar-refractivity contribution is 5.75. The second-order valence-electron chi connectivity index (χ2n) is 3.81. The van der Waals surface area contributed by atoms with Gasteiger partial charge in [0.1, 0.15) is 6.10 Å². The Hall–Kier alpha value is -0.530. The molecule has 2 aliphatic heterocycles. The van der Waals surface area contributed by atoms with Gasteiger partial charge in [-0.1, -0.05) is 27.7 Å². The van der Waals surface area contributed by atoms with E-state index in [1.54, 1.807) is 0 Å². The van der Waals surface area contributed by atoms with Crippen molar-refractivity contribution in [2.45, 2.75) is 53.1 Å². The molecule has 2 heterocycles. The highest BCUT2D eigenvalue weighted by Crippen LogP contribution is 2.53. The fourth-order valence-corrected chi connectivity index (χ4v) is 2.89. The lowest BCUT2D eigenvalue weighted by Gasteiger charge is -2.33. The number of ether oxygens (including phenoxy) is 1. The van der Waals surface area contributed by atoms with Crippen LogP contribution in [-0.2, 0) is 9.53 Å². The van der Waals surface area contributed by atoms with E-state index >= 15 is 0 Å². The fourth-order valence-electron chi connectivity index (χ4n) is 2.89. The maximum Gasteiger partial charge on any atom is 0.309 e. The lowest BCUT2D eigenvalue weighted by molar-refractivity contribution is -0.169. The first-order chi connectivity index (χ1) is 6.84. The monoisotopic (exact) mass is 198 g/mol.